The summed E-state index contributed by atoms with van der Waals surface area (Å²) < 4.78 is 40.9. The third-order valence-corrected chi connectivity index (χ3v) is 4.70. The van der Waals surface area contributed by atoms with Crippen LogP contribution < -0.4 is 0 Å². The summed E-state index contributed by atoms with van der Waals surface area (Å²) in [4.78, 5) is 15.8. The summed E-state index contributed by atoms with van der Waals surface area (Å²) in [6, 6.07) is 3.46. The van der Waals surface area contributed by atoms with Crippen molar-refractivity contribution in [3.05, 3.63) is 58.7 Å². The molecule has 0 atom stereocenters. The average Bonchev–Trinajstić information content (AvgIpc) is 2.92. The first-order valence-electron chi connectivity index (χ1n) is 7.89. The molecule has 0 unspecified atom stereocenters. The van der Waals surface area contributed by atoms with Crippen LogP contribution in [0.25, 0.3) is 4.85 Å². The Labute approximate surface area is 143 Å². The number of ketones is 1. The first-order valence-corrected chi connectivity index (χ1v) is 7.89. The van der Waals surface area contributed by atoms with E-state index in [1.54, 1.807) is 17.1 Å². The van der Waals surface area contributed by atoms with Gasteiger partial charge in [-0.25, -0.2) is 4.85 Å². The van der Waals surface area contributed by atoms with Crippen molar-refractivity contribution in [2.75, 3.05) is 0 Å². The highest BCUT2D eigenvalue weighted by molar-refractivity contribution is 5.89. The standard InChI is InChI=1S/C18H16F3N3O/c1-12-10-23-24(11-12)17(6-3-7-17)16(25)9-13-4-5-15(22-2)14(8-13)18(19,20)21/h4-5,8,10-11H,3,6-7,9H2,1H3. The van der Waals surface area contributed by atoms with Gasteiger partial charge in [0.15, 0.2) is 11.5 Å². The number of aromatic nitrogens is 2. The molecule has 0 radical (unpaired) electrons. The van der Waals surface area contributed by atoms with Crippen LogP contribution in [0.3, 0.4) is 0 Å². The maximum absolute atomic E-state index is 13.1. The van der Waals surface area contributed by atoms with Crippen LogP contribution in [0.5, 0.6) is 0 Å². The summed E-state index contributed by atoms with van der Waals surface area (Å²) in [5.41, 5.74) is -1.01. The van der Waals surface area contributed by atoms with Gasteiger partial charge in [0.05, 0.1) is 18.3 Å². The van der Waals surface area contributed by atoms with Gasteiger partial charge in [0.2, 0.25) is 0 Å². The molecule has 1 fully saturated rings. The second-order valence-electron chi connectivity index (χ2n) is 6.41. The number of hydrogen-bond donors (Lipinski definition) is 0. The molecule has 1 aromatic heterocycles. The van der Waals surface area contributed by atoms with Crippen molar-refractivity contribution >= 4 is 11.5 Å². The SMILES string of the molecule is [C-]#[N+]c1ccc(CC(=O)C2(n3cc(C)cn3)CCC2)cc1C(F)(F)F. The first kappa shape index (κ1) is 17.2. The molecule has 0 aliphatic heterocycles. The number of carbonyl (C=O) groups excluding carboxylic acids is 1. The third-order valence-electron chi connectivity index (χ3n) is 4.70. The summed E-state index contributed by atoms with van der Waals surface area (Å²) in [6.07, 6.45) is 0.889. The number of halogens is 3. The van der Waals surface area contributed by atoms with E-state index in [4.69, 9.17) is 6.57 Å². The lowest BCUT2D eigenvalue weighted by atomic mass is 9.72. The fourth-order valence-electron chi connectivity index (χ4n) is 3.16. The van der Waals surface area contributed by atoms with E-state index in [0.717, 1.165) is 24.1 Å². The molecule has 0 spiro atoms. The van der Waals surface area contributed by atoms with Crippen LogP contribution >= 0.6 is 0 Å². The highest BCUT2D eigenvalue weighted by Gasteiger charge is 2.46. The molecule has 130 valence electrons. The van der Waals surface area contributed by atoms with E-state index in [1.165, 1.54) is 6.07 Å². The van der Waals surface area contributed by atoms with E-state index in [2.05, 4.69) is 9.94 Å². The fourth-order valence-corrected chi connectivity index (χ4v) is 3.16. The van der Waals surface area contributed by atoms with Gasteiger partial charge in [0.25, 0.3) is 0 Å². The minimum atomic E-state index is -4.62. The second kappa shape index (κ2) is 6.03. The monoisotopic (exact) mass is 347 g/mol. The molecule has 0 bridgehead atoms. The molecular weight excluding hydrogens is 331 g/mol. The normalized spacial score (nSPS) is 16.1. The molecule has 1 aromatic carbocycles. The molecule has 0 amide bonds. The first-order chi connectivity index (χ1) is 11.8. The molecule has 1 heterocycles. The summed E-state index contributed by atoms with van der Waals surface area (Å²) in [5.74, 6) is -0.148. The topological polar surface area (TPSA) is 39.2 Å². The number of benzene rings is 1. The van der Waals surface area contributed by atoms with Crippen molar-refractivity contribution in [1.82, 2.24) is 9.78 Å². The molecule has 0 N–H and O–H groups in total. The van der Waals surface area contributed by atoms with E-state index >= 15 is 0 Å². The van der Waals surface area contributed by atoms with Crippen molar-refractivity contribution in [2.24, 2.45) is 0 Å². The van der Waals surface area contributed by atoms with Gasteiger partial charge in [-0.3, -0.25) is 9.48 Å². The summed E-state index contributed by atoms with van der Waals surface area (Å²) in [7, 11) is 0. The minimum Gasteiger partial charge on any atom is -0.297 e. The second-order valence-corrected chi connectivity index (χ2v) is 6.41. The molecule has 7 heteroatoms. The largest absolute Gasteiger partial charge is 0.407 e. The number of carbonyl (C=O) groups is 1. The van der Waals surface area contributed by atoms with Crippen molar-refractivity contribution in [3.8, 4) is 0 Å². The predicted octanol–water partition coefficient (Wildman–Crippen LogP) is 4.45. The van der Waals surface area contributed by atoms with Crippen molar-refractivity contribution in [1.29, 1.82) is 0 Å². The van der Waals surface area contributed by atoms with E-state index in [0.29, 0.717) is 12.8 Å². The Hall–Kier alpha value is -2.62. The Morgan fingerprint density at radius 1 is 1.40 bits per heavy atom. The van der Waals surface area contributed by atoms with Gasteiger partial charge in [-0.2, -0.15) is 18.3 Å². The Balaban J connectivity index is 1.89. The molecule has 0 saturated heterocycles. The molecule has 1 aliphatic carbocycles. The summed E-state index contributed by atoms with van der Waals surface area (Å²) in [5, 5.41) is 4.23. The highest BCUT2D eigenvalue weighted by atomic mass is 19.4. The van der Waals surface area contributed by atoms with E-state index < -0.39 is 23.0 Å². The quantitative estimate of drug-likeness (QED) is 0.767. The van der Waals surface area contributed by atoms with Crippen LogP contribution in [-0.4, -0.2) is 15.6 Å². The number of aryl methyl sites for hydroxylation is 1. The fraction of sp³-hybridized carbons (Fsp3) is 0.389. The predicted molar refractivity (Wildman–Crippen MR) is 85.2 cm³/mol. The zero-order chi connectivity index (χ0) is 18.2. The Morgan fingerprint density at radius 3 is 2.60 bits per heavy atom. The molecule has 2 aromatic rings. The number of alkyl halides is 3. The maximum atomic E-state index is 13.1. The molecule has 4 nitrogen and oxygen atoms in total. The number of rotatable bonds is 4. The van der Waals surface area contributed by atoms with Crippen molar-refractivity contribution in [3.63, 3.8) is 0 Å². The van der Waals surface area contributed by atoms with Gasteiger partial charge < -0.3 is 0 Å². The van der Waals surface area contributed by atoms with Crippen LogP contribution in [0.15, 0.2) is 30.6 Å². The molecule has 1 saturated carbocycles. The van der Waals surface area contributed by atoms with Crippen LogP contribution in [0.2, 0.25) is 0 Å². The molecular formula is C18H16F3N3O. The Bertz CT molecular complexity index is 857. The van der Waals surface area contributed by atoms with Crippen LogP contribution in [0.1, 0.15) is 36.0 Å². The van der Waals surface area contributed by atoms with Gasteiger partial charge in [-0.15, -0.1) is 0 Å². The van der Waals surface area contributed by atoms with E-state index in [1.807, 2.05) is 6.92 Å². The number of nitrogens with zero attached hydrogens (tertiary/aromatic N) is 3. The molecule has 3 rings (SSSR count). The zero-order valence-corrected chi connectivity index (χ0v) is 13.6. The number of hydrogen-bond acceptors (Lipinski definition) is 2. The highest BCUT2D eigenvalue weighted by Crippen LogP contribution is 2.41. The van der Waals surface area contributed by atoms with Crippen LogP contribution in [0, 0.1) is 13.5 Å². The Morgan fingerprint density at radius 2 is 2.12 bits per heavy atom. The minimum absolute atomic E-state index is 0.111. The van der Waals surface area contributed by atoms with E-state index in [9.17, 15) is 18.0 Å². The molecule has 25 heavy (non-hydrogen) atoms. The maximum Gasteiger partial charge on any atom is 0.407 e. The Kier molecular flexibility index (Phi) is 4.15. The summed E-state index contributed by atoms with van der Waals surface area (Å²) >= 11 is 0. The van der Waals surface area contributed by atoms with Crippen molar-refractivity contribution < 1.29 is 18.0 Å². The lowest BCUT2D eigenvalue weighted by molar-refractivity contribution is -0.137. The van der Waals surface area contributed by atoms with Crippen molar-refractivity contribution in [2.45, 2.75) is 44.3 Å². The zero-order valence-electron chi connectivity index (χ0n) is 13.6. The molecule has 1 aliphatic rings. The third kappa shape index (κ3) is 3.04. The number of Topliss-reactive ketones (excluding diaryl/α,β-unsaturated/α-hetero) is 1. The lowest BCUT2D eigenvalue weighted by Gasteiger charge is -2.40. The smallest absolute Gasteiger partial charge is 0.297 e. The van der Waals surface area contributed by atoms with Gasteiger partial charge >= 0.3 is 6.18 Å². The van der Waals surface area contributed by atoms with Gasteiger partial charge in [0, 0.05) is 12.6 Å². The summed E-state index contributed by atoms with van der Waals surface area (Å²) in [6.45, 7) is 8.75. The van der Waals surface area contributed by atoms with Gasteiger partial charge in [0.1, 0.15) is 5.54 Å². The van der Waals surface area contributed by atoms with Crippen LogP contribution in [-0.2, 0) is 22.9 Å². The lowest BCUT2D eigenvalue weighted by Crippen LogP contribution is -2.49. The van der Waals surface area contributed by atoms with E-state index in [-0.39, 0.29) is 17.8 Å². The van der Waals surface area contributed by atoms with Gasteiger partial charge in [-0.1, -0.05) is 18.2 Å². The van der Waals surface area contributed by atoms with Crippen LogP contribution in [0.4, 0.5) is 18.9 Å². The van der Waals surface area contributed by atoms with Gasteiger partial charge in [-0.05, 0) is 37.3 Å². The average molecular weight is 347 g/mol.